The van der Waals surface area contributed by atoms with Gasteiger partial charge in [-0.15, -0.1) is 0 Å². The zero-order valence-corrected chi connectivity index (χ0v) is 10.9. The number of amides is 2. The minimum absolute atomic E-state index is 0.0562. The molecule has 0 radical (unpaired) electrons. The Morgan fingerprint density at radius 3 is 2.33 bits per heavy atom. The molecular formula is C11H20N2O5. The minimum atomic E-state index is -1.09. The summed E-state index contributed by atoms with van der Waals surface area (Å²) in [6.07, 6.45) is 0.0562. The highest BCUT2D eigenvalue weighted by Crippen LogP contribution is 2.01. The Balaban J connectivity index is 3.96. The van der Waals surface area contributed by atoms with Gasteiger partial charge in [0.25, 0.3) is 0 Å². The van der Waals surface area contributed by atoms with E-state index in [0.717, 1.165) is 0 Å². The van der Waals surface area contributed by atoms with Crippen molar-refractivity contribution in [1.29, 1.82) is 0 Å². The van der Waals surface area contributed by atoms with E-state index in [2.05, 4.69) is 15.4 Å². The molecule has 0 aromatic rings. The number of hydrogen-bond acceptors (Lipinski definition) is 4. The summed E-state index contributed by atoms with van der Waals surface area (Å²) < 4.78 is 4.68. The standard InChI is InChI=1S/C11H20N2O5/c1-4-18-8(14)5-6-12-11(17)13-9(7(2)3)10(15)16/h7,9H,4-6H2,1-3H3,(H,15,16)(H2,12,13,17)/t9-/m0/s1. The zero-order valence-electron chi connectivity index (χ0n) is 10.9. The second kappa shape index (κ2) is 8.32. The quantitative estimate of drug-likeness (QED) is 0.573. The second-order valence-corrected chi connectivity index (χ2v) is 4.02. The van der Waals surface area contributed by atoms with Crippen LogP contribution in [0.25, 0.3) is 0 Å². The van der Waals surface area contributed by atoms with E-state index in [-0.39, 0.29) is 18.9 Å². The first-order valence-electron chi connectivity index (χ1n) is 5.81. The maximum Gasteiger partial charge on any atom is 0.326 e. The number of esters is 1. The van der Waals surface area contributed by atoms with E-state index < -0.39 is 24.0 Å². The highest BCUT2D eigenvalue weighted by atomic mass is 16.5. The maximum absolute atomic E-state index is 11.4. The number of carboxylic acid groups (broad SMARTS) is 1. The van der Waals surface area contributed by atoms with Crippen LogP contribution >= 0.6 is 0 Å². The lowest BCUT2D eigenvalue weighted by Crippen LogP contribution is -2.48. The highest BCUT2D eigenvalue weighted by molar-refractivity contribution is 5.82. The van der Waals surface area contributed by atoms with Gasteiger partial charge in [0.15, 0.2) is 0 Å². The summed E-state index contributed by atoms with van der Waals surface area (Å²) in [6.45, 7) is 5.47. The maximum atomic E-state index is 11.4. The minimum Gasteiger partial charge on any atom is -0.480 e. The number of hydrogen-bond donors (Lipinski definition) is 3. The first-order chi connectivity index (χ1) is 8.38. The smallest absolute Gasteiger partial charge is 0.326 e. The molecule has 0 aromatic heterocycles. The fraction of sp³-hybridized carbons (Fsp3) is 0.727. The molecule has 0 heterocycles. The molecule has 0 aromatic carbocycles. The molecule has 7 nitrogen and oxygen atoms in total. The molecule has 0 saturated carbocycles. The fourth-order valence-corrected chi connectivity index (χ4v) is 1.22. The summed E-state index contributed by atoms with van der Waals surface area (Å²) in [5.74, 6) is -1.72. The van der Waals surface area contributed by atoms with Crippen LogP contribution in [0, 0.1) is 5.92 Å². The van der Waals surface area contributed by atoms with Crippen molar-refractivity contribution in [3.8, 4) is 0 Å². The topological polar surface area (TPSA) is 105 Å². The molecular weight excluding hydrogens is 240 g/mol. The van der Waals surface area contributed by atoms with Gasteiger partial charge in [-0.2, -0.15) is 0 Å². The van der Waals surface area contributed by atoms with Crippen LogP contribution in [0.15, 0.2) is 0 Å². The van der Waals surface area contributed by atoms with Crippen molar-refractivity contribution < 1.29 is 24.2 Å². The predicted octanol–water partition coefficient (Wildman–Crippen LogP) is 0.348. The number of rotatable bonds is 7. The van der Waals surface area contributed by atoms with Crippen molar-refractivity contribution in [2.75, 3.05) is 13.2 Å². The van der Waals surface area contributed by atoms with E-state index in [1.165, 1.54) is 0 Å². The van der Waals surface area contributed by atoms with E-state index in [1.54, 1.807) is 20.8 Å². The van der Waals surface area contributed by atoms with Gasteiger partial charge in [-0.05, 0) is 12.8 Å². The van der Waals surface area contributed by atoms with Crippen LogP contribution in [0.5, 0.6) is 0 Å². The Bertz CT molecular complexity index is 304. The molecule has 0 aliphatic heterocycles. The molecule has 0 aliphatic rings. The van der Waals surface area contributed by atoms with Crippen molar-refractivity contribution in [3.05, 3.63) is 0 Å². The van der Waals surface area contributed by atoms with Crippen LogP contribution < -0.4 is 10.6 Å². The van der Waals surface area contributed by atoms with E-state index in [9.17, 15) is 14.4 Å². The van der Waals surface area contributed by atoms with Gasteiger partial charge in [-0.3, -0.25) is 4.79 Å². The molecule has 0 fully saturated rings. The molecule has 104 valence electrons. The van der Waals surface area contributed by atoms with Gasteiger partial charge in [0, 0.05) is 6.54 Å². The van der Waals surface area contributed by atoms with Crippen molar-refractivity contribution in [2.45, 2.75) is 33.2 Å². The van der Waals surface area contributed by atoms with E-state index in [1.807, 2.05) is 0 Å². The van der Waals surface area contributed by atoms with Gasteiger partial charge in [-0.1, -0.05) is 13.8 Å². The van der Waals surface area contributed by atoms with E-state index >= 15 is 0 Å². The summed E-state index contributed by atoms with van der Waals surface area (Å²) in [6, 6.07) is -1.56. The Morgan fingerprint density at radius 1 is 1.28 bits per heavy atom. The van der Waals surface area contributed by atoms with Crippen molar-refractivity contribution >= 4 is 18.0 Å². The first kappa shape index (κ1) is 16.2. The van der Waals surface area contributed by atoms with Crippen LogP contribution in [0.2, 0.25) is 0 Å². The number of carbonyl (C=O) groups is 3. The number of aliphatic carboxylic acids is 1. The average Bonchev–Trinajstić information content (AvgIpc) is 2.25. The van der Waals surface area contributed by atoms with Crippen LogP contribution in [-0.2, 0) is 14.3 Å². The first-order valence-corrected chi connectivity index (χ1v) is 5.81. The number of carbonyl (C=O) groups excluding carboxylic acids is 2. The molecule has 0 aliphatic carbocycles. The largest absolute Gasteiger partial charge is 0.480 e. The van der Waals surface area contributed by atoms with Gasteiger partial charge in [0.1, 0.15) is 6.04 Å². The molecule has 1 atom stereocenters. The Kier molecular flexibility index (Phi) is 7.50. The summed E-state index contributed by atoms with van der Waals surface area (Å²) in [7, 11) is 0. The normalized spacial score (nSPS) is 11.8. The van der Waals surface area contributed by atoms with Crippen molar-refractivity contribution in [1.82, 2.24) is 10.6 Å². The molecule has 0 saturated heterocycles. The van der Waals surface area contributed by atoms with Gasteiger partial charge < -0.3 is 20.5 Å². The number of urea groups is 1. The van der Waals surface area contributed by atoms with Crippen molar-refractivity contribution in [3.63, 3.8) is 0 Å². The predicted molar refractivity (Wildman–Crippen MR) is 64.0 cm³/mol. The third-order valence-electron chi connectivity index (χ3n) is 2.14. The van der Waals surface area contributed by atoms with Crippen LogP contribution in [0.1, 0.15) is 27.2 Å². The fourth-order valence-electron chi connectivity index (χ4n) is 1.22. The number of nitrogens with one attached hydrogen (secondary N) is 2. The SMILES string of the molecule is CCOC(=O)CCNC(=O)N[C@H](C(=O)O)C(C)C. The lowest BCUT2D eigenvalue weighted by atomic mass is 10.1. The molecule has 7 heteroatoms. The molecule has 0 rings (SSSR count). The third-order valence-corrected chi connectivity index (χ3v) is 2.14. The Hall–Kier alpha value is -1.79. The van der Waals surface area contributed by atoms with E-state index in [4.69, 9.17) is 5.11 Å². The lowest BCUT2D eigenvalue weighted by molar-refractivity contribution is -0.143. The van der Waals surface area contributed by atoms with Gasteiger partial charge in [-0.25, -0.2) is 9.59 Å². The molecule has 0 unspecified atom stereocenters. The van der Waals surface area contributed by atoms with Crippen LogP contribution in [0.3, 0.4) is 0 Å². The molecule has 2 amide bonds. The summed E-state index contributed by atoms with van der Waals surface area (Å²) >= 11 is 0. The van der Waals surface area contributed by atoms with Gasteiger partial charge in [0.2, 0.25) is 0 Å². The molecule has 3 N–H and O–H groups in total. The lowest BCUT2D eigenvalue weighted by Gasteiger charge is -2.18. The summed E-state index contributed by atoms with van der Waals surface area (Å²) in [5.41, 5.74) is 0. The monoisotopic (exact) mass is 260 g/mol. The summed E-state index contributed by atoms with van der Waals surface area (Å²) in [5, 5.41) is 13.6. The zero-order chi connectivity index (χ0) is 14.1. The Morgan fingerprint density at radius 2 is 1.89 bits per heavy atom. The summed E-state index contributed by atoms with van der Waals surface area (Å²) in [4.78, 5) is 33.2. The Labute approximate surface area is 106 Å². The number of ether oxygens (including phenoxy) is 1. The van der Waals surface area contributed by atoms with Crippen LogP contribution in [0.4, 0.5) is 4.79 Å². The second-order valence-electron chi connectivity index (χ2n) is 4.02. The van der Waals surface area contributed by atoms with Gasteiger partial charge in [0.05, 0.1) is 13.0 Å². The third kappa shape index (κ3) is 6.72. The molecule has 0 bridgehead atoms. The van der Waals surface area contributed by atoms with Crippen molar-refractivity contribution in [2.24, 2.45) is 5.92 Å². The highest BCUT2D eigenvalue weighted by Gasteiger charge is 2.23. The molecule has 0 spiro atoms. The van der Waals surface area contributed by atoms with Gasteiger partial charge >= 0.3 is 18.0 Å². The molecule has 18 heavy (non-hydrogen) atoms. The number of carboxylic acids is 1. The average molecular weight is 260 g/mol. The van der Waals surface area contributed by atoms with E-state index in [0.29, 0.717) is 6.61 Å². The van der Waals surface area contributed by atoms with Crippen LogP contribution in [-0.4, -0.2) is 42.3 Å².